The first-order chi connectivity index (χ1) is 16.4. The normalized spacial score (nSPS) is 15.7. The first-order valence-corrected chi connectivity index (χ1v) is 12.6. The van der Waals surface area contributed by atoms with Crippen molar-refractivity contribution < 1.29 is 19.0 Å². The first-order valence-electron chi connectivity index (χ1n) is 10.9. The summed E-state index contributed by atoms with van der Waals surface area (Å²) in [7, 11) is 1.56. The van der Waals surface area contributed by atoms with Gasteiger partial charge in [-0.3, -0.25) is 9.36 Å². The van der Waals surface area contributed by atoms with Gasteiger partial charge < -0.3 is 14.2 Å². The van der Waals surface area contributed by atoms with Crippen molar-refractivity contribution >= 4 is 34.7 Å². The number of thiophene rings is 1. The molecule has 3 heterocycles. The van der Waals surface area contributed by atoms with Crippen molar-refractivity contribution in [3.8, 4) is 11.5 Å². The zero-order valence-electron chi connectivity index (χ0n) is 19.7. The summed E-state index contributed by atoms with van der Waals surface area (Å²) in [5.74, 6) is 0.494. The number of allylic oxidation sites excluding steroid dienone is 1. The summed E-state index contributed by atoms with van der Waals surface area (Å²) in [5.41, 5.74) is 2.33. The van der Waals surface area contributed by atoms with E-state index in [1.54, 1.807) is 42.9 Å². The predicted octanol–water partition coefficient (Wildman–Crippen LogP) is 3.58. The number of fused-ring (bicyclic) bond motifs is 1. The van der Waals surface area contributed by atoms with Gasteiger partial charge in [-0.2, -0.15) is 0 Å². The molecule has 2 aromatic heterocycles. The largest absolute Gasteiger partial charge is 0.493 e. The fourth-order valence-electron chi connectivity index (χ4n) is 3.94. The van der Waals surface area contributed by atoms with Crippen LogP contribution in [0.4, 0.5) is 0 Å². The van der Waals surface area contributed by atoms with E-state index in [0.717, 1.165) is 10.4 Å². The Labute approximate surface area is 205 Å². The predicted molar refractivity (Wildman–Crippen MR) is 134 cm³/mol. The second-order valence-corrected chi connectivity index (χ2v) is 9.54. The number of rotatable bonds is 7. The van der Waals surface area contributed by atoms with Gasteiger partial charge in [0.2, 0.25) is 0 Å². The summed E-state index contributed by atoms with van der Waals surface area (Å²) in [6.45, 7) is 8.00. The van der Waals surface area contributed by atoms with Crippen LogP contribution >= 0.6 is 22.7 Å². The second kappa shape index (κ2) is 9.99. The minimum atomic E-state index is -0.765. The molecule has 0 spiro atoms. The number of thiazole rings is 1. The summed E-state index contributed by atoms with van der Waals surface area (Å²) in [6, 6.07) is 6.71. The van der Waals surface area contributed by atoms with E-state index in [9.17, 15) is 9.59 Å². The monoisotopic (exact) mass is 498 g/mol. The smallest absolute Gasteiger partial charge is 0.338 e. The molecule has 9 heteroatoms. The van der Waals surface area contributed by atoms with Gasteiger partial charge in [0.25, 0.3) is 5.56 Å². The van der Waals surface area contributed by atoms with E-state index in [1.165, 1.54) is 11.3 Å². The summed E-state index contributed by atoms with van der Waals surface area (Å²) in [5, 5.41) is 1.99. The molecule has 0 saturated carbocycles. The Morgan fingerprint density at radius 2 is 2.00 bits per heavy atom. The number of esters is 1. The van der Waals surface area contributed by atoms with E-state index in [0.29, 0.717) is 44.3 Å². The van der Waals surface area contributed by atoms with Gasteiger partial charge in [-0.1, -0.05) is 23.5 Å². The van der Waals surface area contributed by atoms with Gasteiger partial charge in [0.15, 0.2) is 16.3 Å². The van der Waals surface area contributed by atoms with Crippen molar-refractivity contribution in [2.24, 2.45) is 4.99 Å². The number of hydrogen-bond acceptors (Lipinski definition) is 8. The third-order valence-electron chi connectivity index (χ3n) is 5.49. The van der Waals surface area contributed by atoms with E-state index < -0.39 is 12.0 Å². The van der Waals surface area contributed by atoms with E-state index in [-0.39, 0.29) is 12.2 Å². The number of ether oxygens (including phenoxy) is 3. The van der Waals surface area contributed by atoms with Gasteiger partial charge in [-0.05, 0) is 56.8 Å². The molecule has 1 atom stereocenters. The van der Waals surface area contributed by atoms with Gasteiger partial charge in [0, 0.05) is 10.4 Å². The SMILES string of the molecule is CCOC(=O)C1=C(C)N=c2s/c(=C/c3sccc3C)c(=O)n2[C@@H]1c1cccc(OC)c1OCC. The highest BCUT2D eigenvalue weighted by Crippen LogP contribution is 2.40. The lowest BCUT2D eigenvalue weighted by atomic mass is 9.94. The minimum absolute atomic E-state index is 0.209. The molecule has 0 bridgehead atoms. The lowest BCUT2D eigenvalue weighted by Crippen LogP contribution is -2.40. The number of methoxy groups -OCH3 is 1. The molecule has 0 amide bonds. The molecule has 0 N–H and O–H groups in total. The molecular formula is C25H26N2O5S2. The van der Waals surface area contributed by atoms with E-state index in [1.807, 2.05) is 43.5 Å². The second-order valence-electron chi connectivity index (χ2n) is 7.58. The van der Waals surface area contributed by atoms with Crippen LogP contribution in [0.2, 0.25) is 0 Å². The number of hydrogen-bond donors (Lipinski definition) is 0. The van der Waals surface area contributed by atoms with Gasteiger partial charge in [0.1, 0.15) is 6.04 Å². The molecule has 1 aliphatic heterocycles. The van der Waals surface area contributed by atoms with Crippen molar-refractivity contribution in [3.63, 3.8) is 0 Å². The van der Waals surface area contributed by atoms with Gasteiger partial charge in [-0.15, -0.1) is 11.3 Å². The number of carbonyl (C=O) groups excluding carboxylic acids is 1. The lowest BCUT2D eigenvalue weighted by molar-refractivity contribution is -0.139. The highest BCUT2D eigenvalue weighted by atomic mass is 32.1. The average Bonchev–Trinajstić information content (AvgIpc) is 3.35. The third kappa shape index (κ3) is 4.21. The molecule has 7 nitrogen and oxygen atoms in total. The van der Waals surface area contributed by atoms with Gasteiger partial charge >= 0.3 is 5.97 Å². The summed E-state index contributed by atoms with van der Waals surface area (Å²) in [6.07, 6.45) is 1.89. The van der Waals surface area contributed by atoms with Crippen LogP contribution in [0, 0.1) is 6.92 Å². The van der Waals surface area contributed by atoms with Gasteiger partial charge in [0.05, 0.1) is 36.1 Å². The Hall–Kier alpha value is -3.17. The summed E-state index contributed by atoms with van der Waals surface area (Å²) < 4.78 is 19.0. The van der Waals surface area contributed by atoms with E-state index in [4.69, 9.17) is 14.2 Å². The molecule has 1 aromatic carbocycles. The molecule has 0 aliphatic carbocycles. The Morgan fingerprint density at radius 3 is 2.65 bits per heavy atom. The Kier molecular flexibility index (Phi) is 7.04. The van der Waals surface area contributed by atoms with E-state index in [2.05, 4.69) is 4.99 Å². The third-order valence-corrected chi connectivity index (χ3v) is 7.44. The molecule has 3 aromatic rings. The van der Waals surface area contributed by atoms with Crippen molar-refractivity contribution in [3.05, 3.63) is 76.6 Å². The van der Waals surface area contributed by atoms with Crippen LogP contribution in [0.15, 0.2) is 50.7 Å². The first kappa shape index (κ1) is 24.0. The molecule has 178 valence electrons. The lowest BCUT2D eigenvalue weighted by Gasteiger charge is -2.26. The number of benzene rings is 1. The van der Waals surface area contributed by atoms with Gasteiger partial charge in [-0.25, -0.2) is 9.79 Å². The molecule has 0 unspecified atom stereocenters. The van der Waals surface area contributed by atoms with Crippen LogP contribution in [0.5, 0.6) is 11.5 Å². The Balaban J connectivity index is 2.03. The topological polar surface area (TPSA) is 79.1 Å². The molecule has 0 fully saturated rings. The quantitative estimate of drug-likeness (QED) is 0.466. The minimum Gasteiger partial charge on any atom is -0.493 e. The zero-order valence-corrected chi connectivity index (χ0v) is 21.3. The standard InChI is InChI=1S/C25H26N2O5S2/c1-6-31-22-16(9-8-10-17(22)30-5)21-20(24(29)32-7-2)15(4)26-25-27(21)23(28)19(34-25)13-18-14(3)11-12-33-18/h8-13,21H,6-7H2,1-5H3/b19-13+/t21-/m1/s1. The Bertz CT molecular complexity index is 1440. The molecule has 0 radical (unpaired) electrons. The molecule has 34 heavy (non-hydrogen) atoms. The van der Waals surface area contributed by atoms with Crippen LogP contribution in [0.25, 0.3) is 6.08 Å². The average molecular weight is 499 g/mol. The number of para-hydroxylation sites is 1. The summed E-state index contributed by atoms with van der Waals surface area (Å²) in [4.78, 5) is 33.0. The highest BCUT2D eigenvalue weighted by Gasteiger charge is 2.35. The fourth-order valence-corrected chi connectivity index (χ4v) is 5.91. The van der Waals surface area contributed by atoms with Crippen molar-refractivity contribution in [2.75, 3.05) is 20.3 Å². The molecule has 0 saturated heterocycles. The number of nitrogens with zero attached hydrogens (tertiary/aromatic N) is 2. The highest BCUT2D eigenvalue weighted by molar-refractivity contribution is 7.11. The zero-order chi connectivity index (χ0) is 24.4. The van der Waals surface area contributed by atoms with Crippen LogP contribution in [-0.2, 0) is 9.53 Å². The maximum absolute atomic E-state index is 13.7. The van der Waals surface area contributed by atoms with Crippen LogP contribution in [-0.4, -0.2) is 30.9 Å². The molecular weight excluding hydrogens is 472 g/mol. The van der Waals surface area contributed by atoms with Crippen molar-refractivity contribution in [2.45, 2.75) is 33.7 Å². The van der Waals surface area contributed by atoms with Crippen molar-refractivity contribution in [1.29, 1.82) is 0 Å². The maximum atomic E-state index is 13.7. The van der Waals surface area contributed by atoms with E-state index >= 15 is 0 Å². The Morgan fingerprint density at radius 1 is 1.21 bits per heavy atom. The summed E-state index contributed by atoms with van der Waals surface area (Å²) >= 11 is 2.88. The fraction of sp³-hybridized carbons (Fsp3) is 0.320. The molecule has 4 rings (SSSR count). The van der Waals surface area contributed by atoms with Crippen LogP contribution < -0.4 is 24.4 Å². The maximum Gasteiger partial charge on any atom is 0.338 e. The van der Waals surface area contributed by atoms with Crippen molar-refractivity contribution in [1.82, 2.24) is 4.57 Å². The van der Waals surface area contributed by atoms with Crippen LogP contribution in [0.3, 0.4) is 0 Å². The number of carbonyl (C=O) groups is 1. The molecule has 1 aliphatic rings. The van der Waals surface area contributed by atoms with Crippen LogP contribution in [0.1, 0.15) is 42.8 Å². The number of aromatic nitrogens is 1. The number of aryl methyl sites for hydroxylation is 1.